The minimum absolute atomic E-state index is 0.0385. The molecular weight excluding hydrogens is 230 g/mol. The van der Waals surface area contributed by atoms with E-state index in [0.717, 1.165) is 12.0 Å². The van der Waals surface area contributed by atoms with Crippen LogP contribution in [-0.2, 0) is 9.53 Å². The Kier molecular flexibility index (Phi) is 6.39. The predicted octanol–water partition coefficient (Wildman–Crippen LogP) is 2.17. The van der Waals surface area contributed by atoms with Crippen molar-refractivity contribution >= 4 is 5.97 Å². The van der Waals surface area contributed by atoms with Crippen LogP contribution in [0.4, 0.5) is 0 Å². The van der Waals surface area contributed by atoms with Gasteiger partial charge in [0.1, 0.15) is 0 Å². The van der Waals surface area contributed by atoms with Gasteiger partial charge in [-0.25, -0.2) is 0 Å². The number of carbonyl (C=O) groups is 1. The average Bonchev–Trinajstić information content (AvgIpc) is 2.37. The summed E-state index contributed by atoms with van der Waals surface area (Å²) in [7, 11) is 1.63. The van der Waals surface area contributed by atoms with E-state index in [-0.39, 0.29) is 12.6 Å². The molecule has 0 radical (unpaired) electrons. The summed E-state index contributed by atoms with van der Waals surface area (Å²) in [6.45, 7) is 3.27. The molecule has 0 aliphatic rings. The van der Waals surface area contributed by atoms with Crippen LogP contribution in [0, 0.1) is 0 Å². The maximum absolute atomic E-state index is 10.9. The lowest BCUT2D eigenvalue weighted by atomic mass is 10.0. The quantitative estimate of drug-likeness (QED) is 0.769. The summed E-state index contributed by atoms with van der Waals surface area (Å²) in [5.41, 5.74) is 1.15. The first-order valence-electron chi connectivity index (χ1n) is 6.18. The lowest BCUT2D eigenvalue weighted by Gasteiger charge is -2.29. The van der Waals surface area contributed by atoms with Crippen molar-refractivity contribution in [2.75, 3.05) is 26.8 Å². The summed E-state index contributed by atoms with van der Waals surface area (Å²) in [6.07, 6.45) is 0.876. The Morgan fingerprint density at radius 2 is 2.06 bits per heavy atom. The Balaban J connectivity index is 2.82. The number of hydrogen-bond acceptors (Lipinski definition) is 3. The van der Waals surface area contributed by atoms with Crippen molar-refractivity contribution < 1.29 is 14.6 Å². The number of ether oxygens (including phenoxy) is 1. The van der Waals surface area contributed by atoms with Crippen LogP contribution < -0.4 is 0 Å². The molecule has 0 heterocycles. The largest absolute Gasteiger partial charge is 0.480 e. The van der Waals surface area contributed by atoms with Crippen LogP contribution in [0.5, 0.6) is 0 Å². The summed E-state index contributed by atoms with van der Waals surface area (Å²) in [5, 5.41) is 8.99. The summed E-state index contributed by atoms with van der Waals surface area (Å²) in [4.78, 5) is 12.9. The van der Waals surface area contributed by atoms with Gasteiger partial charge in [-0.15, -0.1) is 0 Å². The van der Waals surface area contributed by atoms with E-state index in [4.69, 9.17) is 9.84 Å². The van der Waals surface area contributed by atoms with Gasteiger partial charge >= 0.3 is 5.97 Å². The number of nitrogens with zero attached hydrogens (tertiary/aromatic N) is 1. The van der Waals surface area contributed by atoms with E-state index in [1.54, 1.807) is 7.11 Å². The standard InChI is InChI=1S/C14H21NO3/c1-3-13(12-7-5-4-6-8-12)15(9-10-18-2)11-14(16)17/h4-8,13H,3,9-11H2,1-2H3,(H,16,17). The zero-order chi connectivity index (χ0) is 13.4. The van der Waals surface area contributed by atoms with Crippen molar-refractivity contribution in [2.24, 2.45) is 0 Å². The van der Waals surface area contributed by atoms with Crippen molar-refractivity contribution in [2.45, 2.75) is 19.4 Å². The Labute approximate surface area is 108 Å². The molecule has 0 saturated carbocycles. The third kappa shape index (κ3) is 4.47. The fourth-order valence-corrected chi connectivity index (χ4v) is 2.11. The smallest absolute Gasteiger partial charge is 0.317 e. The van der Waals surface area contributed by atoms with Gasteiger partial charge in [0.25, 0.3) is 0 Å². The highest BCUT2D eigenvalue weighted by Gasteiger charge is 2.20. The zero-order valence-electron chi connectivity index (χ0n) is 11.0. The van der Waals surface area contributed by atoms with Gasteiger partial charge < -0.3 is 9.84 Å². The topological polar surface area (TPSA) is 49.8 Å². The first-order valence-corrected chi connectivity index (χ1v) is 6.18. The maximum Gasteiger partial charge on any atom is 0.317 e. The number of hydrogen-bond donors (Lipinski definition) is 1. The van der Waals surface area contributed by atoms with E-state index in [9.17, 15) is 4.79 Å². The minimum Gasteiger partial charge on any atom is -0.480 e. The molecule has 1 unspecified atom stereocenters. The number of methoxy groups -OCH3 is 1. The predicted molar refractivity (Wildman–Crippen MR) is 70.6 cm³/mol. The molecule has 1 N–H and O–H groups in total. The Morgan fingerprint density at radius 1 is 1.39 bits per heavy atom. The van der Waals surface area contributed by atoms with Gasteiger partial charge in [-0.2, -0.15) is 0 Å². The second kappa shape index (κ2) is 7.84. The van der Waals surface area contributed by atoms with Crippen LogP contribution in [0.1, 0.15) is 24.9 Å². The van der Waals surface area contributed by atoms with Gasteiger partial charge in [-0.1, -0.05) is 37.3 Å². The molecule has 1 aromatic rings. The van der Waals surface area contributed by atoms with E-state index < -0.39 is 5.97 Å². The van der Waals surface area contributed by atoms with Crippen molar-refractivity contribution in [1.29, 1.82) is 0 Å². The molecule has 0 aliphatic carbocycles. The van der Waals surface area contributed by atoms with Gasteiger partial charge in [-0.05, 0) is 12.0 Å². The number of rotatable bonds is 8. The minimum atomic E-state index is -0.805. The Morgan fingerprint density at radius 3 is 2.56 bits per heavy atom. The summed E-state index contributed by atoms with van der Waals surface area (Å²) in [6, 6.07) is 10.1. The zero-order valence-corrected chi connectivity index (χ0v) is 11.0. The van der Waals surface area contributed by atoms with Gasteiger partial charge in [0.15, 0.2) is 0 Å². The molecular formula is C14H21NO3. The summed E-state index contributed by atoms with van der Waals surface area (Å²) in [5.74, 6) is -0.805. The summed E-state index contributed by atoms with van der Waals surface area (Å²) >= 11 is 0. The van der Waals surface area contributed by atoms with Gasteiger partial charge in [0, 0.05) is 19.7 Å². The first kappa shape index (κ1) is 14.7. The molecule has 0 fully saturated rings. The summed E-state index contributed by atoms with van der Waals surface area (Å²) < 4.78 is 5.05. The van der Waals surface area contributed by atoms with Crippen molar-refractivity contribution in [3.8, 4) is 0 Å². The van der Waals surface area contributed by atoms with Crippen LogP contribution >= 0.6 is 0 Å². The van der Waals surface area contributed by atoms with Crippen LogP contribution in [0.3, 0.4) is 0 Å². The van der Waals surface area contributed by atoms with E-state index >= 15 is 0 Å². The molecule has 0 bridgehead atoms. The van der Waals surface area contributed by atoms with E-state index in [1.165, 1.54) is 0 Å². The Hall–Kier alpha value is -1.39. The highest BCUT2D eigenvalue weighted by Crippen LogP contribution is 2.23. The van der Waals surface area contributed by atoms with Crippen molar-refractivity contribution in [1.82, 2.24) is 4.90 Å². The molecule has 0 saturated heterocycles. The lowest BCUT2D eigenvalue weighted by molar-refractivity contribution is -0.139. The molecule has 0 amide bonds. The van der Waals surface area contributed by atoms with E-state index in [0.29, 0.717) is 13.2 Å². The molecule has 0 spiro atoms. The highest BCUT2D eigenvalue weighted by molar-refractivity contribution is 5.69. The fourth-order valence-electron chi connectivity index (χ4n) is 2.11. The van der Waals surface area contributed by atoms with Gasteiger partial charge in [-0.3, -0.25) is 9.69 Å². The number of carboxylic acid groups (broad SMARTS) is 1. The number of carboxylic acids is 1. The van der Waals surface area contributed by atoms with Crippen LogP contribution in [-0.4, -0.2) is 42.8 Å². The average molecular weight is 251 g/mol. The monoisotopic (exact) mass is 251 g/mol. The van der Waals surface area contributed by atoms with Crippen LogP contribution in [0.2, 0.25) is 0 Å². The highest BCUT2D eigenvalue weighted by atomic mass is 16.5. The SMILES string of the molecule is CCC(c1ccccc1)N(CCOC)CC(=O)O. The van der Waals surface area contributed by atoms with E-state index in [1.807, 2.05) is 35.2 Å². The second-order valence-corrected chi connectivity index (χ2v) is 4.19. The lowest BCUT2D eigenvalue weighted by Crippen LogP contribution is -2.36. The second-order valence-electron chi connectivity index (χ2n) is 4.19. The molecule has 1 rings (SSSR count). The molecule has 1 aromatic carbocycles. The van der Waals surface area contributed by atoms with E-state index in [2.05, 4.69) is 6.92 Å². The fraction of sp³-hybridized carbons (Fsp3) is 0.500. The number of aliphatic carboxylic acids is 1. The molecule has 1 atom stereocenters. The molecule has 4 nitrogen and oxygen atoms in total. The van der Waals surface area contributed by atoms with Crippen LogP contribution in [0.25, 0.3) is 0 Å². The Bertz CT molecular complexity index is 353. The maximum atomic E-state index is 10.9. The molecule has 4 heteroatoms. The first-order chi connectivity index (χ1) is 8.69. The van der Waals surface area contributed by atoms with Gasteiger partial charge in [0.2, 0.25) is 0 Å². The molecule has 100 valence electrons. The number of benzene rings is 1. The third-order valence-electron chi connectivity index (χ3n) is 2.93. The molecule has 0 aromatic heterocycles. The van der Waals surface area contributed by atoms with Crippen molar-refractivity contribution in [3.63, 3.8) is 0 Å². The van der Waals surface area contributed by atoms with Crippen molar-refractivity contribution in [3.05, 3.63) is 35.9 Å². The molecule has 0 aliphatic heterocycles. The normalized spacial score (nSPS) is 12.6. The molecule has 18 heavy (non-hydrogen) atoms. The van der Waals surface area contributed by atoms with Gasteiger partial charge in [0.05, 0.1) is 13.2 Å². The third-order valence-corrected chi connectivity index (χ3v) is 2.93. The van der Waals surface area contributed by atoms with Crippen LogP contribution in [0.15, 0.2) is 30.3 Å².